The summed E-state index contributed by atoms with van der Waals surface area (Å²) >= 11 is 12.0. The molecule has 1 aliphatic rings. The number of aryl methyl sites for hydroxylation is 1. The highest BCUT2D eigenvalue weighted by atomic mass is 35.5. The van der Waals surface area contributed by atoms with Gasteiger partial charge in [0.1, 0.15) is 16.6 Å². The maximum Gasteiger partial charge on any atom is 0.228 e. The fourth-order valence-electron chi connectivity index (χ4n) is 3.38. The van der Waals surface area contributed by atoms with E-state index >= 15 is 0 Å². The normalized spacial score (nSPS) is 14.4. The summed E-state index contributed by atoms with van der Waals surface area (Å²) < 4.78 is 5.62. The van der Waals surface area contributed by atoms with Crippen molar-refractivity contribution in [1.82, 2.24) is 9.88 Å². The summed E-state index contributed by atoms with van der Waals surface area (Å²) in [6, 6.07) is 8.94. The van der Waals surface area contributed by atoms with E-state index in [4.69, 9.17) is 27.9 Å². The van der Waals surface area contributed by atoms with Crippen LogP contribution in [0.3, 0.4) is 0 Å². The molecule has 0 saturated carbocycles. The molecule has 160 valence electrons. The zero-order valence-electron chi connectivity index (χ0n) is 16.9. The Morgan fingerprint density at radius 3 is 2.73 bits per heavy atom. The molecule has 1 aromatic heterocycles. The van der Waals surface area contributed by atoms with Crippen LogP contribution in [0.1, 0.15) is 31.2 Å². The van der Waals surface area contributed by atoms with Crippen molar-refractivity contribution in [2.24, 2.45) is 5.92 Å². The van der Waals surface area contributed by atoms with Gasteiger partial charge in [0.25, 0.3) is 0 Å². The molecule has 6 nitrogen and oxygen atoms in total. The zero-order valence-corrected chi connectivity index (χ0v) is 18.4. The van der Waals surface area contributed by atoms with Gasteiger partial charge in [-0.05, 0) is 56.0 Å². The number of pyridine rings is 1. The standard InChI is InChI=1S/C22H25Cl2N3O3/c1-15-7-10-25-19(14-15)26-22(29)16-8-11-27(12-9-16)20(28)6-3-13-30-18-5-2-4-17(23)21(18)24/h2,4-5,7,10,14,16H,3,6,8-9,11-13H2,1H3,(H,25,26,29). The van der Waals surface area contributed by atoms with Crippen molar-refractivity contribution in [2.75, 3.05) is 25.0 Å². The third-order valence-corrected chi connectivity index (χ3v) is 5.90. The Balaban J connectivity index is 1.37. The van der Waals surface area contributed by atoms with Gasteiger partial charge in [-0.2, -0.15) is 0 Å². The van der Waals surface area contributed by atoms with Gasteiger partial charge in [0.05, 0.1) is 11.6 Å². The lowest BCUT2D eigenvalue weighted by atomic mass is 9.95. The van der Waals surface area contributed by atoms with Gasteiger partial charge in [-0.1, -0.05) is 29.3 Å². The third kappa shape index (κ3) is 6.09. The van der Waals surface area contributed by atoms with Crippen molar-refractivity contribution in [3.63, 3.8) is 0 Å². The molecular weight excluding hydrogens is 425 g/mol. The van der Waals surface area contributed by atoms with Gasteiger partial charge in [0.15, 0.2) is 0 Å². The van der Waals surface area contributed by atoms with E-state index in [9.17, 15) is 9.59 Å². The number of nitrogens with one attached hydrogen (secondary N) is 1. The van der Waals surface area contributed by atoms with Crippen LogP contribution in [0, 0.1) is 12.8 Å². The molecule has 0 atom stereocenters. The van der Waals surface area contributed by atoms with E-state index in [1.54, 1.807) is 24.4 Å². The van der Waals surface area contributed by atoms with Crippen molar-refractivity contribution in [1.29, 1.82) is 0 Å². The van der Waals surface area contributed by atoms with Gasteiger partial charge >= 0.3 is 0 Å². The average Bonchev–Trinajstić information content (AvgIpc) is 2.74. The number of halogens is 2. The molecular formula is C22H25Cl2N3O3. The van der Waals surface area contributed by atoms with Crippen LogP contribution >= 0.6 is 23.2 Å². The second-order valence-electron chi connectivity index (χ2n) is 7.37. The number of hydrogen-bond acceptors (Lipinski definition) is 4. The molecule has 0 aliphatic carbocycles. The second kappa shape index (κ2) is 10.6. The van der Waals surface area contributed by atoms with Crippen molar-refractivity contribution >= 4 is 40.8 Å². The van der Waals surface area contributed by atoms with Gasteiger partial charge < -0.3 is 15.0 Å². The number of likely N-dealkylation sites (tertiary alicyclic amines) is 1. The number of carbonyl (C=O) groups is 2. The highest BCUT2D eigenvalue weighted by Crippen LogP contribution is 2.31. The van der Waals surface area contributed by atoms with Gasteiger partial charge in [-0.3, -0.25) is 9.59 Å². The van der Waals surface area contributed by atoms with Gasteiger partial charge in [0, 0.05) is 31.6 Å². The second-order valence-corrected chi connectivity index (χ2v) is 8.15. The fraction of sp³-hybridized carbons (Fsp3) is 0.409. The fourth-order valence-corrected chi connectivity index (χ4v) is 3.73. The number of anilines is 1. The lowest BCUT2D eigenvalue weighted by molar-refractivity contribution is -0.134. The topological polar surface area (TPSA) is 71.5 Å². The smallest absolute Gasteiger partial charge is 0.228 e. The Morgan fingerprint density at radius 1 is 1.23 bits per heavy atom. The number of rotatable bonds is 7. The predicted octanol–water partition coefficient (Wildman–Crippen LogP) is 4.73. The highest BCUT2D eigenvalue weighted by molar-refractivity contribution is 6.42. The van der Waals surface area contributed by atoms with Gasteiger partial charge in [-0.25, -0.2) is 4.98 Å². The molecule has 1 saturated heterocycles. The van der Waals surface area contributed by atoms with E-state index in [-0.39, 0.29) is 17.7 Å². The first-order valence-corrected chi connectivity index (χ1v) is 10.8. The van der Waals surface area contributed by atoms with Gasteiger partial charge in [-0.15, -0.1) is 0 Å². The van der Waals surface area contributed by atoms with E-state index in [1.807, 2.05) is 24.0 Å². The first-order chi connectivity index (χ1) is 14.4. The van der Waals surface area contributed by atoms with E-state index in [0.29, 0.717) is 67.0 Å². The molecule has 1 fully saturated rings. The Labute approximate surface area is 186 Å². The first kappa shape index (κ1) is 22.4. The molecule has 3 rings (SSSR count). The first-order valence-electron chi connectivity index (χ1n) is 10.0. The van der Waals surface area contributed by atoms with Crippen LogP contribution in [0.2, 0.25) is 10.0 Å². The Bertz CT molecular complexity index is 899. The summed E-state index contributed by atoms with van der Waals surface area (Å²) in [5.74, 6) is 1.02. The molecule has 1 aliphatic heterocycles. The number of piperidine rings is 1. The zero-order chi connectivity index (χ0) is 21.5. The monoisotopic (exact) mass is 449 g/mol. The van der Waals surface area contributed by atoms with Crippen LogP contribution in [0.15, 0.2) is 36.5 Å². The van der Waals surface area contributed by atoms with E-state index in [1.165, 1.54) is 0 Å². The number of aromatic nitrogens is 1. The Morgan fingerprint density at radius 2 is 2.00 bits per heavy atom. The van der Waals surface area contributed by atoms with Crippen LogP contribution in [0.4, 0.5) is 5.82 Å². The summed E-state index contributed by atoms with van der Waals surface area (Å²) in [5.41, 5.74) is 1.04. The van der Waals surface area contributed by atoms with E-state index < -0.39 is 0 Å². The van der Waals surface area contributed by atoms with Crippen molar-refractivity contribution in [3.05, 3.63) is 52.1 Å². The molecule has 1 aromatic carbocycles. The highest BCUT2D eigenvalue weighted by Gasteiger charge is 2.27. The Kier molecular flexibility index (Phi) is 7.94. The molecule has 1 N–H and O–H groups in total. The Hall–Kier alpha value is -2.31. The number of benzene rings is 1. The van der Waals surface area contributed by atoms with Crippen molar-refractivity contribution < 1.29 is 14.3 Å². The molecule has 0 radical (unpaired) electrons. The molecule has 0 bridgehead atoms. The maximum atomic E-state index is 12.5. The van der Waals surface area contributed by atoms with Gasteiger partial charge in [0.2, 0.25) is 11.8 Å². The van der Waals surface area contributed by atoms with Crippen LogP contribution in [0.25, 0.3) is 0 Å². The minimum absolute atomic E-state index is 0.0352. The summed E-state index contributed by atoms with van der Waals surface area (Å²) in [4.78, 5) is 30.9. The summed E-state index contributed by atoms with van der Waals surface area (Å²) in [6.45, 7) is 3.50. The van der Waals surface area contributed by atoms with Crippen molar-refractivity contribution in [2.45, 2.75) is 32.6 Å². The largest absolute Gasteiger partial charge is 0.492 e. The molecule has 2 heterocycles. The number of ether oxygens (including phenoxy) is 1. The van der Waals surface area contributed by atoms with Crippen LogP contribution in [-0.2, 0) is 9.59 Å². The number of hydrogen-bond donors (Lipinski definition) is 1. The van der Waals surface area contributed by atoms with Crippen molar-refractivity contribution in [3.8, 4) is 5.75 Å². The SMILES string of the molecule is Cc1ccnc(NC(=O)C2CCN(C(=O)CCCOc3cccc(Cl)c3Cl)CC2)c1. The lowest BCUT2D eigenvalue weighted by Gasteiger charge is -2.31. The predicted molar refractivity (Wildman–Crippen MR) is 118 cm³/mol. The minimum Gasteiger partial charge on any atom is -0.492 e. The number of nitrogens with zero attached hydrogens (tertiary/aromatic N) is 2. The number of carbonyl (C=O) groups excluding carboxylic acids is 2. The van der Waals surface area contributed by atoms with Crippen LogP contribution in [0.5, 0.6) is 5.75 Å². The molecule has 0 spiro atoms. The molecule has 2 aromatic rings. The van der Waals surface area contributed by atoms with E-state index in [2.05, 4.69) is 10.3 Å². The summed E-state index contributed by atoms with van der Waals surface area (Å²) in [5, 5.41) is 3.69. The molecule has 8 heteroatoms. The quantitative estimate of drug-likeness (QED) is 0.619. The van der Waals surface area contributed by atoms with Crippen LogP contribution in [-0.4, -0.2) is 41.4 Å². The molecule has 0 unspecified atom stereocenters. The summed E-state index contributed by atoms with van der Waals surface area (Å²) in [7, 11) is 0. The average molecular weight is 450 g/mol. The van der Waals surface area contributed by atoms with E-state index in [0.717, 1.165) is 5.56 Å². The number of amides is 2. The maximum absolute atomic E-state index is 12.5. The van der Waals surface area contributed by atoms with Crippen LogP contribution < -0.4 is 10.1 Å². The lowest BCUT2D eigenvalue weighted by Crippen LogP contribution is -2.41. The minimum atomic E-state index is -0.107. The summed E-state index contributed by atoms with van der Waals surface area (Å²) in [6.07, 6.45) is 3.95. The third-order valence-electron chi connectivity index (χ3n) is 5.09. The molecule has 2 amide bonds. The molecule has 30 heavy (non-hydrogen) atoms.